The van der Waals surface area contributed by atoms with Crippen molar-refractivity contribution in [3.8, 4) is 0 Å². The number of aliphatic carboxylic acids is 1. The number of ether oxygens (including phenoxy) is 1. The molecule has 5 heteroatoms. The van der Waals surface area contributed by atoms with Crippen molar-refractivity contribution in [3.05, 3.63) is 0 Å². The number of carboxylic acid groups (broad SMARTS) is 1. The maximum atomic E-state index is 10.7. The van der Waals surface area contributed by atoms with Gasteiger partial charge in [0.25, 0.3) is 0 Å². The van der Waals surface area contributed by atoms with Crippen LogP contribution in [0.3, 0.4) is 0 Å². The molecule has 12 heavy (non-hydrogen) atoms. The summed E-state index contributed by atoms with van der Waals surface area (Å²) < 4.78 is 4.58. The van der Waals surface area contributed by atoms with E-state index in [0.717, 1.165) is 0 Å². The van der Waals surface area contributed by atoms with Crippen molar-refractivity contribution < 1.29 is 19.4 Å². The summed E-state index contributed by atoms with van der Waals surface area (Å²) in [7, 11) is 0. The third kappa shape index (κ3) is 5.67. The Bertz CT molecular complexity index is 169. The molecule has 0 unspecified atom stereocenters. The summed E-state index contributed by atoms with van der Waals surface area (Å²) in [6.45, 7) is 1.97. The van der Waals surface area contributed by atoms with E-state index in [1.807, 2.05) is 0 Å². The summed E-state index contributed by atoms with van der Waals surface area (Å²) in [5.74, 6) is -1.46. The third-order valence-electron chi connectivity index (χ3n) is 1.17. The standard InChI is InChI=1S/C7H13NO4/c1-2-12-7(11)4-5(8)3-6(9)10/h5H,2-4,8H2,1H3,(H,9,10)/t5-/m0/s1. The van der Waals surface area contributed by atoms with Crippen molar-refractivity contribution in [3.63, 3.8) is 0 Å². The molecule has 0 saturated heterocycles. The fourth-order valence-electron chi connectivity index (χ4n) is 0.730. The van der Waals surface area contributed by atoms with E-state index in [9.17, 15) is 9.59 Å². The second-order valence-electron chi connectivity index (χ2n) is 2.37. The van der Waals surface area contributed by atoms with Crippen LogP contribution in [0, 0.1) is 0 Å². The summed E-state index contributed by atoms with van der Waals surface area (Å²) in [6.07, 6.45) is -0.251. The minimum atomic E-state index is -1.01. The fourth-order valence-corrected chi connectivity index (χ4v) is 0.730. The van der Waals surface area contributed by atoms with Crippen molar-refractivity contribution in [1.29, 1.82) is 0 Å². The zero-order valence-electron chi connectivity index (χ0n) is 6.95. The van der Waals surface area contributed by atoms with Crippen molar-refractivity contribution in [1.82, 2.24) is 0 Å². The van der Waals surface area contributed by atoms with Gasteiger partial charge in [0.15, 0.2) is 0 Å². The average Bonchev–Trinajstić information content (AvgIpc) is 1.84. The van der Waals surface area contributed by atoms with E-state index >= 15 is 0 Å². The highest BCUT2D eigenvalue weighted by molar-refractivity contribution is 5.72. The molecule has 0 aliphatic heterocycles. The Morgan fingerprint density at radius 2 is 2.08 bits per heavy atom. The number of nitrogens with two attached hydrogens (primary N) is 1. The van der Waals surface area contributed by atoms with Gasteiger partial charge in [0.2, 0.25) is 0 Å². The zero-order chi connectivity index (χ0) is 9.56. The Labute approximate surface area is 70.5 Å². The van der Waals surface area contributed by atoms with Gasteiger partial charge < -0.3 is 15.6 Å². The van der Waals surface area contributed by atoms with Crippen LogP contribution in [0.5, 0.6) is 0 Å². The maximum absolute atomic E-state index is 10.7. The van der Waals surface area contributed by atoms with Crippen molar-refractivity contribution in [2.75, 3.05) is 6.61 Å². The zero-order valence-corrected chi connectivity index (χ0v) is 6.95. The van der Waals surface area contributed by atoms with Crippen LogP contribution in [0.4, 0.5) is 0 Å². The van der Waals surface area contributed by atoms with Crippen LogP contribution in [0.15, 0.2) is 0 Å². The predicted octanol–water partition coefficient (Wildman–Crippen LogP) is -0.258. The Kier molecular flexibility index (Phi) is 5.03. The van der Waals surface area contributed by atoms with Crippen LogP contribution >= 0.6 is 0 Å². The van der Waals surface area contributed by atoms with Gasteiger partial charge in [-0.25, -0.2) is 0 Å². The first-order chi connectivity index (χ1) is 5.56. The molecule has 0 radical (unpaired) electrons. The number of rotatable bonds is 5. The van der Waals surface area contributed by atoms with Gasteiger partial charge in [0.05, 0.1) is 19.4 Å². The summed E-state index contributed by atoms with van der Waals surface area (Å²) >= 11 is 0. The Morgan fingerprint density at radius 1 is 1.50 bits per heavy atom. The van der Waals surface area contributed by atoms with Crippen molar-refractivity contribution in [2.45, 2.75) is 25.8 Å². The van der Waals surface area contributed by atoms with E-state index in [1.54, 1.807) is 6.92 Å². The molecule has 0 saturated carbocycles. The molecule has 0 aromatic rings. The second kappa shape index (κ2) is 5.54. The molecule has 0 bridgehead atoms. The molecule has 5 nitrogen and oxygen atoms in total. The summed E-state index contributed by atoms with van der Waals surface area (Å²) in [5.41, 5.74) is 5.32. The first-order valence-corrected chi connectivity index (χ1v) is 3.69. The quantitative estimate of drug-likeness (QED) is 0.562. The van der Waals surface area contributed by atoms with Crippen LogP contribution in [-0.4, -0.2) is 29.7 Å². The van der Waals surface area contributed by atoms with E-state index < -0.39 is 18.0 Å². The number of carboxylic acids is 1. The number of carbonyl (C=O) groups is 2. The molecule has 0 heterocycles. The molecule has 1 atom stereocenters. The molecule has 0 amide bonds. The lowest BCUT2D eigenvalue weighted by molar-refractivity contribution is -0.144. The normalized spacial score (nSPS) is 12.2. The van der Waals surface area contributed by atoms with Gasteiger partial charge >= 0.3 is 11.9 Å². The Hall–Kier alpha value is -1.10. The molecular weight excluding hydrogens is 162 g/mol. The molecule has 0 fully saturated rings. The molecule has 0 aromatic carbocycles. The molecule has 0 spiro atoms. The monoisotopic (exact) mass is 175 g/mol. The lowest BCUT2D eigenvalue weighted by Gasteiger charge is -2.06. The summed E-state index contributed by atoms with van der Waals surface area (Å²) in [6, 6.07) is -0.651. The van der Waals surface area contributed by atoms with Gasteiger partial charge in [-0.05, 0) is 6.92 Å². The van der Waals surface area contributed by atoms with Gasteiger partial charge in [-0.3, -0.25) is 9.59 Å². The molecular formula is C7H13NO4. The molecule has 0 rings (SSSR count). The fraction of sp³-hybridized carbons (Fsp3) is 0.714. The van der Waals surface area contributed by atoms with Crippen LogP contribution < -0.4 is 5.73 Å². The molecule has 3 N–H and O–H groups in total. The predicted molar refractivity (Wildman–Crippen MR) is 41.5 cm³/mol. The van der Waals surface area contributed by atoms with Crippen LogP contribution in [-0.2, 0) is 14.3 Å². The minimum absolute atomic E-state index is 0.0415. The van der Waals surface area contributed by atoms with Gasteiger partial charge in [-0.15, -0.1) is 0 Å². The summed E-state index contributed by atoms with van der Waals surface area (Å²) in [5, 5.41) is 8.29. The first kappa shape index (κ1) is 10.9. The largest absolute Gasteiger partial charge is 0.481 e. The van der Waals surface area contributed by atoms with E-state index in [4.69, 9.17) is 10.8 Å². The van der Waals surface area contributed by atoms with E-state index in [1.165, 1.54) is 0 Å². The molecule has 70 valence electrons. The maximum Gasteiger partial charge on any atom is 0.307 e. The molecule has 0 aliphatic rings. The smallest absolute Gasteiger partial charge is 0.307 e. The average molecular weight is 175 g/mol. The van der Waals surface area contributed by atoms with Crippen LogP contribution in [0.25, 0.3) is 0 Å². The van der Waals surface area contributed by atoms with E-state index in [0.29, 0.717) is 6.61 Å². The molecule has 0 aliphatic carbocycles. The first-order valence-electron chi connectivity index (χ1n) is 3.69. The minimum Gasteiger partial charge on any atom is -0.481 e. The lowest BCUT2D eigenvalue weighted by Crippen LogP contribution is -2.27. The molecule has 0 aromatic heterocycles. The SMILES string of the molecule is CCOC(=O)C[C@@H](N)CC(=O)O. The number of esters is 1. The Morgan fingerprint density at radius 3 is 2.50 bits per heavy atom. The topological polar surface area (TPSA) is 89.6 Å². The van der Waals surface area contributed by atoms with Crippen LogP contribution in [0.2, 0.25) is 0 Å². The van der Waals surface area contributed by atoms with E-state index in [-0.39, 0.29) is 12.8 Å². The third-order valence-corrected chi connectivity index (χ3v) is 1.17. The number of hydrogen-bond acceptors (Lipinski definition) is 4. The summed E-state index contributed by atoms with van der Waals surface area (Å²) in [4.78, 5) is 20.9. The van der Waals surface area contributed by atoms with Gasteiger partial charge in [0, 0.05) is 6.04 Å². The highest BCUT2D eigenvalue weighted by Crippen LogP contribution is 1.96. The van der Waals surface area contributed by atoms with Gasteiger partial charge in [-0.2, -0.15) is 0 Å². The lowest BCUT2D eigenvalue weighted by atomic mass is 10.1. The van der Waals surface area contributed by atoms with Crippen molar-refractivity contribution >= 4 is 11.9 Å². The van der Waals surface area contributed by atoms with Crippen LogP contribution in [0.1, 0.15) is 19.8 Å². The second-order valence-corrected chi connectivity index (χ2v) is 2.37. The number of hydrogen-bond donors (Lipinski definition) is 2. The van der Waals surface area contributed by atoms with Crippen molar-refractivity contribution in [2.24, 2.45) is 5.73 Å². The highest BCUT2D eigenvalue weighted by atomic mass is 16.5. The highest BCUT2D eigenvalue weighted by Gasteiger charge is 2.13. The Balaban J connectivity index is 3.61. The van der Waals surface area contributed by atoms with Gasteiger partial charge in [0.1, 0.15) is 0 Å². The van der Waals surface area contributed by atoms with Gasteiger partial charge in [-0.1, -0.05) is 0 Å². The number of carbonyl (C=O) groups excluding carboxylic acids is 1. The van der Waals surface area contributed by atoms with E-state index in [2.05, 4.69) is 4.74 Å².